The van der Waals surface area contributed by atoms with E-state index in [1.54, 1.807) is 6.07 Å². The lowest BCUT2D eigenvalue weighted by Crippen LogP contribution is -2.21. The Morgan fingerprint density at radius 1 is 1.16 bits per heavy atom. The van der Waals surface area contributed by atoms with Crippen LogP contribution in [0, 0.1) is 15.9 Å². The Hall–Kier alpha value is -4.02. The normalized spacial score (nSPS) is 13.2. The predicted molar refractivity (Wildman–Crippen MR) is 109 cm³/mol. The van der Waals surface area contributed by atoms with E-state index in [2.05, 4.69) is 10.1 Å². The zero-order valence-electron chi connectivity index (χ0n) is 16.9. The molecule has 0 unspecified atom stereocenters. The van der Waals surface area contributed by atoms with Gasteiger partial charge in [-0.3, -0.25) is 10.1 Å². The Kier molecular flexibility index (Phi) is 6.24. The van der Waals surface area contributed by atoms with Crippen LogP contribution in [0.15, 0.2) is 47.0 Å². The summed E-state index contributed by atoms with van der Waals surface area (Å²) in [5, 5.41) is 14.9. The van der Waals surface area contributed by atoms with Crippen molar-refractivity contribution < 1.29 is 28.1 Å². The van der Waals surface area contributed by atoms with Gasteiger partial charge in [-0.05, 0) is 43.2 Å². The van der Waals surface area contributed by atoms with Crippen molar-refractivity contribution in [3.8, 4) is 5.75 Å². The minimum Gasteiger partial charge on any atom is -0.485 e. The van der Waals surface area contributed by atoms with Crippen LogP contribution in [0.2, 0.25) is 0 Å². The number of hydrogen-bond acceptors (Lipinski definition) is 9. The fraction of sp³-hybridized carbons (Fsp3) is 0.286. The number of ether oxygens (including phenoxy) is 2. The summed E-state index contributed by atoms with van der Waals surface area (Å²) < 4.78 is 28.7. The summed E-state index contributed by atoms with van der Waals surface area (Å²) in [5.41, 5.74) is 0.510. The van der Waals surface area contributed by atoms with Crippen LogP contribution in [0.1, 0.15) is 34.9 Å². The number of esters is 1. The van der Waals surface area contributed by atoms with Gasteiger partial charge >= 0.3 is 5.97 Å². The smallest absolute Gasteiger partial charge is 0.341 e. The number of nitro benzene ring substituents is 1. The maximum Gasteiger partial charge on any atom is 0.341 e. The number of carbonyl (C=O) groups excluding carboxylic acids is 1. The lowest BCUT2D eigenvalue weighted by Gasteiger charge is -2.20. The van der Waals surface area contributed by atoms with Crippen LogP contribution in [0.4, 0.5) is 15.8 Å². The van der Waals surface area contributed by atoms with Gasteiger partial charge in [-0.1, -0.05) is 5.16 Å². The summed E-state index contributed by atoms with van der Waals surface area (Å²) in [7, 11) is 0. The molecular formula is C21H19FN4O6. The molecule has 0 amide bonds. The van der Waals surface area contributed by atoms with E-state index in [4.69, 9.17) is 14.0 Å². The molecule has 1 aliphatic heterocycles. The molecule has 3 aromatic rings. The van der Waals surface area contributed by atoms with Gasteiger partial charge in [0, 0.05) is 25.2 Å². The largest absolute Gasteiger partial charge is 0.485 e. The van der Waals surface area contributed by atoms with Gasteiger partial charge in [0.05, 0.1) is 16.2 Å². The van der Waals surface area contributed by atoms with Gasteiger partial charge in [-0.25, -0.2) is 9.18 Å². The topological polar surface area (TPSA) is 121 Å². The molecule has 1 aromatic heterocycles. The van der Waals surface area contributed by atoms with Gasteiger partial charge in [-0.15, -0.1) is 0 Å². The predicted octanol–water partition coefficient (Wildman–Crippen LogP) is 3.65. The molecular weight excluding hydrogens is 423 g/mol. The molecule has 2 heterocycles. The van der Waals surface area contributed by atoms with E-state index in [-0.39, 0.29) is 42.0 Å². The molecule has 32 heavy (non-hydrogen) atoms. The van der Waals surface area contributed by atoms with Crippen molar-refractivity contribution in [3.63, 3.8) is 0 Å². The summed E-state index contributed by atoms with van der Waals surface area (Å²) in [6.45, 7) is 1.20. The SMILES string of the molecule is O=C(OCc1nc(COc2ccc(F)cc2)no1)c1cc([N+](=O)[O-])ccc1N1CCCC1. The average molecular weight is 442 g/mol. The van der Waals surface area contributed by atoms with Crippen LogP contribution in [-0.4, -0.2) is 34.1 Å². The molecule has 166 valence electrons. The highest BCUT2D eigenvalue weighted by Crippen LogP contribution is 2.29. The summed E-state index contributed by atoms with van der Waals surface area (Å²) in [6.07, 6.45) is 1.96. The molecule has 4 rings (SSSR count). The first-order valence-corrected chi connectivity index (χ1v) is 9.90. The van der Waals surface area contributed by atoms with Crippen LogP contribution < -0.4 is 9.64 Å². The number of aromatic nitrogens is 2. The first kappa shape index (κ1) is 21.2. The molecule has 0 radical (unpaired) electrons. The minimum atomic E-state index is -0.724. The number of non-ortho nitro benzene ring substituents is 1. The maximum absolute atomic E-state index is 12.9. The summed E-state index contributed by atoms with van der Waals surface area (Å²) in [5.74, 6) is -0.405. The van der Waals surface area contributed by atoms with Gasteiger partial charge in [0.15, 0.2) is 13.2 Å². The monoisotopic (exact) mass is 442 g/mol. The fourth-order valence-electron chi connectivity index (χ4n) is 3.33. The number of nitrogens with zero attached hydrogens (tertiary/aromatic N) is 4. The number of benzene rings is 2. The molecule has 1 aliphatic rings. The van der Waals surface area contributed by atoms with Crippen molar-refractivity contribution in [2.24, 2.45) is 0 Å². The highest BCUT2D eigenvalue weighted by Gasteiger charge is 2.24. The van der Waals surface area contributed by atoms with Crippen LogP contribution in [0.25, 0.3) is 0 Å². The van der Waals surface area contributed by atoms with E-state index in [1.165, 1.54) is 36.4 Å². The van der Waals surface area contributed by atoms with E-state index in [0.717, 1.165) is 25.9 Å². The third kappa shape index (κ3) is 4.99. The number of halogens is 1. The second kappa shape index (κ2) is 9.41. The Labute approximate surface area is 181 Å². The van der Waals surface area contributed by atoms with Crippen molar-refractivity contribution >= 4 is 17.3 Å². The number of carbonyl (C=O) groups is 1. The Morgan fingerprint density at radius 2 is 1.91 bits per heavy atom. The lowest BCUT2D eigenvalue weighted by molar-refractivity contribution is -0.384. The quantitative estimate of drug-likeness (QED) is 0.292. The summed E-state index contributed by atoms with van der Waals surface area (Å²) in [6, 6.07) is 9.62. The first-order chi connectivity index (χ1) is 15.5. The van der Waals surface area contributed by atoms with Gasteiger partial charge in [0.25, 0.3) is 11.6 Å². The number of hydrogen-bond donors (Lipinski definition) is 0. The number of anilines is 1. The van der Waals surface area contributed by atoms with Gasteiger partial charge in [0.2, 0.25) is 5.82 Å². The molecule has 11 heteroatoms. The highest BCUT2D eigenvalue weighted by molar-refractivity contribution is 5.96. The molecule has 0 spiro atoms. The standard InChI is InChI=1S/C21H19FN4O6/c22-14-3-6-16(7-4-14)30-12-19-23-20(32-24-19)13-31-21(27)17-11-15(26(28)29)5-8-18(17)25-9-1-2-10-25/h3-8,11H,1-2,9-10,12-13H2. The molecule has 2 aromatic carbocycles. The van der Waals surface area contributed by atoms with Crippen molar-refractivity contribution in [1.29, 1.82) is 0 Å². The minimum absolute atomic E-state index is 0.0208. The lowest BCUT2D eigenvalue weighted by atomic mass is 10.1. The second-order valence-corrected chi connectivity index (χ2v) is 7.08. The summed E-state index contributed by atoms with van der Waals surface area (Å²) >= 11 is 0. The molecule has 1 saturated heterocycles. The maximum atomic E-state index is 12.9. The molecule has 0 atom stereocenters. The van der Waals surface area contributed by atoms with Crippen LogP contribution in [-0.2, 0) is 18.0 Å². The van der Waals surface area contributed by atoms with E-state index in [1.807, 2.05) is 4.90 Å². The van der Waals surface area contributed by atoms with Crippen molar-refractivity contribution in [2.45, 2.75) is 26.1 Å². The molecule has 0 saturated carbocycles. The zero-order valence-corrected chi connectivity index (χ0v) is 16.9. The van der Waals surface area contributed by atoms with Crippen LogP contribution >= 0.6 is 0 Å². The van der Waals surface area contributed by atoms with Gasteiger partial charge in [0.1, 0.15) is 11.6 Å². The Bertz CT molecular complexity index is 1110. The first-order valence-electron chi connectivity index (χ1n) is 9.90. The average Bonchev–Trinajstić information content (AvgIpc) is 3.49. The van der Waals surface area contributed by atoms with Gasteiger partial charge in [-0.2, -0.15) is 4.98 Å². The Balaban J connectivity index is 1.39. The third-order valence-corrected chi connectivity index (χ3v) is 4.88. The molecule has 0 aliphatic carbocycles. The number of rotatable bonds is 8. The van der Waals surface area contributed by atoms with Crippen molar-refractivity contribution in [2.75, 3.05) is 18.0 Å². The van der Waals surface area contributed by atoms with Crippen LogP contribution in [0.5, 0.6) is 5.75 Å². The van der Waals surface area contributed by atoms with Crippen molar-refractivity contribution in [3.05, 3.63) is 75.7 Å². The molecule has 10 nitrogen and oxygen atoms in total. The number of nitro groups is 1. The summed E-state index contributed by atoms with van der Waals surface area (Å²) in [4.78, 5) is 29.4. The molecule has 1 fully saturated rings. The Morgan fingerprint density at radius 3 is 2.62 bits per heavy atom. The van der Waals surface area contributed by atoms with E-state index in [0.29, 0.717) is 11.4 Å². The fourth-order valence-corrected chi connectivity index (χ4v) is 3.33. The van der Waals surface area contributed by atoms with Crippen molar-refractivity contribution in [1.82, 2.24) is 10.1 Å². The van der Waals surface area contributed by atoms with E-state index < -0.39 is 10.9 Å². The van der Waals surface area contributed by atoms with E-state index >= 15 is 0 Å². The highest BCUT2D eigenvalue weighted by atomic mass is 19.1. The van der Waals surface area contributed by atoms with Gasteiger partial charge < -0.3 is 18.9 Å². The second-order valence-electron chi connectivity index (χ2n) is 7.08. The third-order valence-electron chi connectivity index (χ3n) is 4.88. The zero-order chi connectivity index (χ0) is 22.5. The van der Waals surface area contributed by atoms with E-state index in [9.17, 15) is 19.3 Å². The molecule has 0 bridgehead atoms. The molecule has 0 N–H and O–H groups in total. The van der Waals surface area contributed by atoms with Crippen LogP contribution in [0.3, 0.4) is 0 Å².